The molecule has 3 N–H and O–H groups in total. The average molecular weight is 203 g/mol. The zero-order valence-electron chi connectivity index (χ0n) is 7.60. The molecular weight excluding hydrogens is 190 g/mol. The molecule has 0 aliphatic carbocycles. The summed E-state index contributed by atoms with van der Waals surface area (Å²) in [5.74, 6) is -3.21. The molecule has 6 nitrogen and oxygen atoms in total. The van der Waals surface area contributed by atoms with Crippen LogP contribution < -0.4 is 5.32 Å². The summed E-state index contributed by atoms with van der Waals surface area (Å²) in [6, 6.07) is 0. The van der Waals surface area contributed by atoms with Gasteiger partial charge in [0.1, 0.15) is 0 Å². The van der Waals surface area contributed by atoms with Crippen LogP contribution >= 0.6 is 0 Å². The summed E-state index contributed by atoms with van der Waals surface area (Å²) in [5.41, 5.74) is 0. The fourth-order valence-corrected chi connectivity index (χ4v) is 1.41. The van der Waals surface area contributed by atoms with Crippen molar-refractivity contribution in [2.24, 2.45) is 5.92 Å². The molecule has 0 spiro atoms. The van der Waals surface area contributed by atoms with Gasteiger partial charge >= 0.3 is 11.9 Å². The van der Waals surface area contributed by atoms with Crippen LogP contribution in [0.15, 0.2) is 0 Å². The molecule has 1 aliphatic heterocycles. The summed E-state index contributed by atoms with van der Waals surface area (Å²) >= 11 is 0. The molecule has 1 fully saturated rings. The van der Waals surface area contributed by atoms with Gasteiger partial charge in [0.05, 0.1) is 25.0 Å². The predicted molar refractivity (Wildman–Crippen MR) is 46.0 cm³/mol. The maximum absolute atomic E-state index is 10.8. The van der Waals surface area contributed by atoms with Crippen molar-refractivity contribution in [1.29, 1.82) is 0 Å². The number of hydrogen-bond donors (Lipinski definition) is 3. The SMILES string of the molecule is O=C(O)CC(C(=O)O)C1CNCCO1. The summed E-state index contributed by atoms with van der Waals surface area (Å²) < 4.78 is 5.20. The number of aliphatic carboxylic acids is 2. The summed E-state index contributed by atoms with van der Waals surface area (Å²) in [5, 5.41) is 20.3. The molecule has 6 heteroatoms. The first-order valence-corrected chi connectivity index (χ1v) is 4.38. The molecule has 1 aliphatic rings. The van der Waals surface area contributed by atoms with Crippen molar-refractivity contribution in [2.45, 2.75) is 12.5 Å². The fraction of sp³-hybridized carbons (Fsp3) is 0.750. The normalized spacial score (nSPS) is 24.1. The zero-order valence-corrected chi connectivity index (χ0v) is 7.60. The van der Waals surface area contributed by atoms with Crippen LogP contribution in [0.1, 0.15) is 6.42 Å². The van der Waals surface area contributed by atoms with Crippen LogP contribution in [0.5, 0.6) is 0 Å². The topological polar surface area (TPSA) is 95.9 Å². The van der Waals surface area contributed by atoms with Gasteiger partial charge in [-0.15, -0.1) is 0 Å². The Morgan fingerprint density at radius 2 is 2.21 bits per heavy atom. The van der Waals surface area contributed by atoms with Gasteiger partial charge in [0, 0.05) is 13.1 Å². The lowest BCUT2D eigenvalue weighted by Gasteiger charge is -2.27. The number of hydrogen-bond acceptors (Lipinski definition) is 4. The van der Waals surface area contributed by atoms with E-state index < -0.39 is 30.4 Å². The number of carboxylic acid groups (broad SMARTS) is 2. The summed E-state index contributed by atoms with van der Waals surface area (Å²) in [4.78, 5) is 21.2. The van der Waals surface area contributed by atoms with Gasteiger partial charge in [-0.05, 0) is 0 Å². The molecule has 0 aromatic heterocycles. The fourth-order valence-electron chi connectivity index (χ4n) is 1.41. The molecule has 0 saturated carbocycles. The van der Waals surface area contributed by atoms with Crippen LogP contribution in [0.3, 0.4) is 0 Å². The number of carboxylic acids is 2. The van der Waals surface area contributed by atoms with E-state index in [4.69, 9.17) is 14.9 Å². The third-order valence-corrected chi connectivity index (χ3v) is 2.12. The standard InChI is InChI=1S/C8H13NO5/c10-7(11)3-5(8(12)13)6-4-9-1-2-14-6/h5-6,9H,1-4H2,(H,10,11)(H,12,13). The molecular formula is C8H13NO5. The van der Waals surface area contributed by atoms with Gasteiger partial charge in [-0.1, -0.05) is 0 Å². The Balaban J connectivity index is 2.56. The maximum atomic E-state index is 10.8. The van der Waals surface area contributed by atoms with Gasteiger partial charge in [-0.3, -0.25) is 9.59 Å². The molecule has 2 atom stereocenters. The summed E-state index contributed by atoms with van der Waals surface area (Å²) in [6.45, 7) is 1.49. The highest BCUT2D eigenvalue weighted by atomic mass is 16.5. The van der Waals surface area contributed by atoms with E-state index in [1.807, 2.05) is 0 Å². The highest BCUT2D eigenvalue weighted by molar-refractivity contribution is 5.78. The Kier molecular flexibility index (Phi) is 3.84. The van der Waals surface area contributed by atoms with E-state index in [0.717, 1.165) is 0 Å². The molecule has 0 bridgehead atoms. The Hall–Kier alpha value is -1.14. The number of nitrogens with one attached hydrogen (secondary N) is 1. The van der Waals surface area contributed by atoms with Crippen LogP contribution in [0.4, 0.5) is 0 Å². The van der Waals surface area contributed by atoms with E-state index >= 15 is 0 Å². The Morgan fingerprint density at radius 1 is 1.50 bits per heavy atom. The molecule has 0 aromatic rings. The monoisotopic (exact) mass is 203 g/mol. The predicted octanol–water partition coefficient (Wildman–Crippen LogP) is -0.850. The van der Waals surface area contributed by atoms with Crippen LogP contribution in [-0.4, -0.2) is 48.0 Å². The average Bonchev–Trinajstić information content (AvgIpc) is 2.15. The van der Waals surface area contributed by atoms with Crippen LogP contribution in [0.25, 0.3) is 0 Å². The van der Waals surface area contributed by atoms with E-state index in [0.29, 0.717) is 19.7 Å². The second-order valence-corrected chi connectivity index (χ2v) is 3.16. The number of rotatable bonds is 4. The van der Waals surface area contributed by atoms with Crippen molar-refractivity contribution in [3.63, 3.8) is 0 Å². The van der Waals surface area contributed by atoms with Crippen LogP contribution in [-0.2, 0) is 14.3 Å². The first-order chi connectivity index (χ1) is 6.61. The van der Waals surface area contributed by atoms with E-state index in [-0.39, 0.29) is 0 Å². The van der Waals surface area contributed by atoms with Crippen molar-refractivity contribution in [3.8, 4) is 0 Å². The minimum Gasteiger partial charge on any atom is -0.481 e. The van der Waals surface area contributed by atoms with Crippen molar-refractivity contribution < 1.29 is 24.5 Å². The highest BCUT2D eigenvalue weighted by Crippen LogP contribution is 2.14. The molecule has 0 radical (unpaired) electrons. The molecule has 0 amide bonds. The quantitative estimate of drug-likeness (QED) is 0.550. The molecule has 2 unspecified atom stereocenters. The van der Waals surface area contributed by atoms with Crippen LogP contribution in [0.2, 0.25) is 0 Å². The molecule has 80 valence electrons. The first-order valence-electron chi connectivity index (χ1n) is 4.38. The maximum Gasteiger partial charge on any atom is 0.309 e. The van der Waals surface area contributed by atoms with Gasteiger partial charge in [0.15, 0.2) is 0 Å². The third kappa shape index (κ3) is 2.97. The van der Waals surface area contributed by atoms with E-state index in [1.54, 1.807) is 0 Å². The molecule has 0 aromatic carbocycles. The first kappa shape index (κ1) is 10.9. The summed E-state index contributed by atoms with van der Waals surface area (Å²) in [6.07, 6.45) is -0.945. The third-order valence-electron chi connectivity index (χ3n) is 2.12. The number of carbonyl (C=O) groups is 2. The van der Waals surface area contributed by atoms with E-state index in [9.17, 15) is 9.59 Å². The molecule has 1 saturated heterocycles. The zero-order chi connectivity index (χ0) is 10.6. The Labute approximate surface area is 80.9 Å². The van der Waals surface area contributed by atoms with Crippen molar-refractivity contribution in [2.75, 3.05) is 19.7 Å². The molecule has 1 heterocycles. The van der Waals surface area contributed by atoms with Gasteiger partial charge in [-0.2, -0.15) is 0 Å². The van der Waals surface area contributed by atoms with Crippen LogP contribution in [0, 0.1) is 5.92 Å². The second kappa shape index (κ2) is 4.92. The Morgan fingerprint density at radius 3 is 2.64 bits per heavy atom. The number of morpholine rings is 1. The smallest absolute Gasteiger partial charge is 0.309 e. The largest absolute Gasteiger partial charge is 0.481 e. The minimum atomic E-state index is -1.12. The van der Waals surface area contributed by atoms with E-state index in [1.165, 1.54) is 0 Å². The van der Waals surface area contributed by atoms with Gasteiger partial charge in [-0.25, -0.2) is 0 Å². The van der Waals surface area contributed by atoms with Gasteiger partial charge < -0.3 is 20.3 Å². The van der Waals surface area contributed by atoms with E-state index in [2.05, 4.69) is 5.32 Å². The van der Waals surface area contributed by atoms with Crippen molar-refractivity contribution >= 4 is 11.9 Å². The minimum absolute atomic E-state index is 0.393. The van der Waals surface area contributed by atoms with Crippen molar-refractivity contribution in [3.05, 3.63) is 0 Å². The second-order valence-electron chi connectivity index (χ2n) is 3.16. The lowest BCUT2D eigenvalue weighted by Crippen LogP contribution is -2.45. The lowest BCUT2D eigenvalue weighted by atomic mass is 9.98. The molecule has 1 rings (SSSR count). The highest BCUT2D eigenvalue weighted by Gasteiger charge is 2.32. The summed E-state index contributed by atoms with van der Waals surface area (Å²) in [7, 11) is 0. The van der Waals surface area contributed by atoms with Crippen molar-refractivity contribution in [1.82, 2.24) is 5.32 Å². The molecule has 14 heavy (non-hydrogen) atoms. The Bertz CT molecular complexity index is 224. The lowest BCUT2D eigenvalue weighted by molar-refractivity contribution is -0.155. The van der Waals surface area contributed by atoms with Gasteiger partial charge in [0.25, 0.3) is 0 Å². The van der Waals surface area contributed by atoms with Gasteiger partial charge in [0.2, 0.25) is 0 Å². The number of ether oxygens (including phenoxy) is 1.